The van der Waals surface area contributed by atoms with Gasteiger partial charge in [0.1, 0.15) is 5.82 Å². The van der Waals surface area contributed by atoms with Crippen molar-refractivity contribution in [3.05, 3.63) is 71.0 Å². The minimum Gasteiger partial charge on any atom is -0.207 e. The summed E-state index contributed by atoms with van der Waals surface area (Å²) in [6.07, 6.45) is 0.626. The Morgan fingerprint density at radius 1 is 0.950 bits per heavy atom. The van der Waals surface area contributed by atoms with Gasteiger partial charge in [-0.05, 0) is 30.5 Å². The SMILES string of the molecule is Cc1ccc(CC(CCl)(CCl)c2ccccc2F)cc1. The maximum absolute atomic E-state index is 14.1. The fourth-order valence-electron chi connectivity index (χ4n) is 2.36. The summed E-state index contributed by atoms with van der Waals surface area (Å²) in [5.74, 6) is 0.317. The van der Waals surface area contributed by atoms with Gasteiger partial charge in [0.25, 0.3) is 0 Å². The summed E-state index contributed by atoms with van der Waals surface area (Å²) in [5, 5.41) is 0. The topological polar surface area (TPSA) is 0 Å². The molecule has 0 aliphatic heterocycles. The smallest absolute Gasteiger partial charge is 0.127 e. The van der Waals surface area contributed by atoms with Crippen LogP contribution in [-0.2, 0) is 11.8 Å². The molecule has 0 heterocycles. The molecule has 3 heteroatoms. The van der Waals surface area contributed by atoms with Crippen molar-refractivity contribution >= 4 is 23.2 Å². The average Bonchev–Trinajstić information content (AvgIpc) is 2.48. The number of aryl methyl sites for hydroxylation is 1. The van der Waals surface area contributed by atoms with E-state index in [0.29, 0.717) is 12.0 Å². The van der Waals surface area contributed by atoms with E-state index in [4.69, 9.17) is 23.2 Å². The zero-order chi connectivity index (χ0) is 14.6. The van der Waals surface area contributed by atoms with E-state index in [2.05, 4.69) is 0 Å². The van der Waals surface area contributed by atoms with E-state index in [1.54, 1.807) is 12.1 Å². The zero-order valence-corrected chi connectivity index (χ0v) is 12.9. The molecule has 0 aliphatic carbocycles. The molecule has 2 aromatic rings. The maximum Gasteiger partial charge on any atom is 0.127 e. The Morgan fingerprint density at radius 3 is 2.10 bits per heavy atom. The summed E-state index contributed by atoms with van der Waals surface area (Å²) < 4.78 is 14.1. The minimum absolute atomic E-state index is 0.249. The van der Waals surface area contributed by atoms with Crippen LogP contribution in [0.4, 0.5) is 4.39 Å². The van der Waals surface area contributed by atoms with E-state index in [1.165, 1.54) is 11.6 Å². The van der Waals surface area contributed by atoms with E-state index < -0.39 is 5.41 Å². The first-order valence-electron chi connectivity index (χ1n) is 6.54. The van der Waals surface area contributed by atoms with Gasteiger partial charge in [0.05, 0.1) is 0 Å². The van der Waals surface area contributed by atoms with Gasteiger partial charge in [-0.2, -0.15) is 0 Å². The van der Waals surface area contributed by atoms with Crippen molar-refractivity contribution in [3.8, 4) is 0 Å². The van der Waals surface area contributed by atoms with Crippen molar-refractivity contribution in [2.75, 3.05) is 11.8 Å². The molecule has 0 amide bonds. The maximum atomic E-state index is 14.1. The average molecular weight is 311 g/mol. The van der Waals surface area contributed by atoms with E-state index in [1.807, 2.05) is 37.3 Å². The Kier molecular flexibility index (Phi) is 5.06. The highest BCUT2D eigenvalue weighted by Crippen LogP contribution is 2.33. The third-order valence-electron chi connectivity index (χ3n) is 3.62. The lowest BCUT2D eigenvalue weighted by molar-refractivity contribution is 0.491. The summed E-state index contributed by atoms with van der Waals surface area (Å²) in [4.78, 5) is 0. The first kappa shape index (κ1) is 15.3. The molecule has 0 fully saturated rings. The molecule has 0 bridgehead atoms. The molecular formula is C17H17Cl2F. The van der Waals surface area contributed by atoms with Crippen molar-refractivity contribution in [1.82, 2.24) is 0 Å². The van der Waals surface area contributed by atoms with Crippen LogP contribution in [0.15, 0.2) is 48.5 Å². The molecule has 0 N–H and O–H groups in total. The fourth-order valence-corrected chi connectivity index (χ4v) is 3.12. The van der Waals surface area contributed by atoms with Gasteiger partial charge in [0.2, 0.25) is 0 Å². The van der Waals surface area contributed by atoms with Crippen LogP contribution in [0.25, 0.3) is 0 Å². The molecule has 106 valence electrons. The molecule has 20 heavy (non-hydrogen) atoms. The number of alkyl halides is 2. The van der Waals surface area contributed by atoms with Gasteiger partial charge in [0, 0.05) is 17.2 Å². The van der Waals surface area contributed by atoms with Crippen molar-refractivity contribution in [3.63, 3.8) is 0 Å². The van der Waals surface area contributed by atoms with Crippen LogP contribution in [-0.4, -0.2) is 11.8 Å². The van der Waals surface area contributed by atoms with Gasteiger partial charge in [-0.15, -0.1) is 23.2 Å². The molecule has 0 aliphatic rings. The number of hydrogen-bond acceptors (Lipinski definition) is 0. The second-order valence-corrected chi connectivity index (χ2v) is 5.72. The van der Waals surface area contributed by atoms with Crippen LogP contribution in [0.5, 0.6) is 0 Å². The van der Waals surface area contributed by atoms with Crippen molar-refractivity contribution in [2.45, 2.75) is 18.8 Å². The standard InChI is InChI=1S/C17H17Cl2F/c1-13-6-8-14(9-7-13)10-17(11-18,12-19)15-4-2-3-5-16(15)20/h2-9H,10-12H2,1H3. The molecule has 0 saturated carbocycles. The third-order valence-corrected chi connectivity index (χ3v) is 4.64. The van der Waals surface area contributed by atoms with Crippen LogP contribution in [0.2, 0.25) is 0 Å². The van der Waals surface area contributed by atoms with Gasteiger partial charge in [0.15, 0.2) is 0 Å². The summed E-state index contributed by atoms with van der Waals surface area (Å²) in [7, 11) is 0. The quantitative estimate of drug-likeness (QED) is 0.675. The zero-order valence-electron chi connectivity index (χ0n) is 11.4. The Labute approximate surface area is 129 Å². The van der Waals surface area contributed by atoms with Crippen molar-refractivity contribution in [1.29, 1.82) is 0 Å². The normalized spacial score (nSPS) is 11.6. The van der Waals surface area contributed by atoms with Gasteiger partial charge in [-0.1, -0.05) is 48.0 Å². The largest absolute Gasteiger partial charge is 0.207 e. The van der Waals surface area contributed by atoms with Crippen LogP contribution in [0.1, 0.15) is 16.7 Å². The lowest BCUT2D eigenvalue weighted by atomic mass is 9.78. The first-order valence-corrected chi connectivity index (χ1v) is 7.61. The third kappa shape index (κ3) is 3.16. The molecule has 0 radical (unpaired) electrons. The van der Waals surface area contributed by atoms with Gasteiger partial charge in [-0.25, -0.2) is 4.39 Å². The van der Waals surface area contributed by atoms with E-state index in [0.717, 1.165) is 5.56 Å². The highest BCUT2D eigenvalue weighted by atomic mass is 35.5. The highest BCUT2D eigenvalue weighted by molar-refractivity contribution is 6.22. The highest BCUT2D eigenvalue weighted by Gasteiger charge is 2.33. The predicted molar refractivity (Wildman–Crippen MR) is 84.4 cm³/mol. The molecule has 0 saturated heterocycles. The van der Waals surface area contributed by atoms with Gasteiger partial charge >= 0.3 is 0 Å². The van der Waals surface area contributed by atoms with E-state index in [-0.39, 0.29) is 17.6 Å². The van der Waals surface area contributed by atoms with Crippen molar-refractivity contribution < 1.29 is 4.39 Å². The van der Waals surface area contributed by atoms with Crippen LogP contribution in [0, 0.1) is 12.7 Å². The van der Waals surface area contributed by atoms with Crippen molar-refractivity contribution in [2.24, 2.45) is 0 Å². The number of halogens is 3. The molecule has 2 aromatic carbocycles. The Morgan fingerprint density at radius 2 is 1.55 bits per heavy atom. The Bertz CT molecular complexity index is 559. The minimum atomic E-state index is -0.580. The summed E-state index contributed by atoms with van der Waals surface area (Å²) in [6.45, 7) is 2.04. The van der Waals surface area contributed by atoms with E-state index in [9.17, 15) is 4.39 Å². The molecule has 0 spiro atoms. The van der Waals surface area contributed by atoms with Crippen LogP contribution in [0.3, 0.4) is 0 Å². The number of hydrogen-bond donors (Lipinski definition) is 0. The van der Waals surface area contributed by atoms with Crippen LogP contribution >= 0.6 is 23.2 Å². The van der Waals surface area contributed by atoms with Crippen LogP contribution < -0.4 is 0 Å². The molecule has 0 unspecified atom stereocenters. The molecule has 0 aromatic heterocycles. The fraction of sp³-hybridized carbons (Fsp3) is 0.294. The molecule has 0 nitrogen and oxygen atoms in total. The number of rotatable bonds is 5. The molecular weight excluding hydrogens is 294 g/mol. The summed E-state index contributed by atoms with van der Waals surface area (Å²) >= 11 is 12.3. The molecule has 2 rings (SSSR count). The van der Waals surface area contributed by atoms with Gasteiger partial charge in [-0.3, -0.25) is 0 Å². The summed E-state index contributed by atoms with van der Waals surface area (Å²) in [6, 6.07) is 14.9. The second kappa shape index (κ2) is 6.60. The monoisotopic (exact) mass is 310 g/mol. The lowest BCUT2D eigenvalue weighted by Gasteiger charge is -2.30. The Balaban J connectivity index is 2.39. The summed E-state index contributed by atoms with van der Waals surface area (Å²) in [5.41, 5.74) is 2.32. The first-order chi connectivity index (χ1) is 9.61. The predicted octanol–water partition coefficient (Wildman–Crippen LogP) is 5.09. The van der Waals surface area contributed by atoms with Gasteiger partial charge < -0.3 is 0 Å². The molecule has 0 atom stereocenters. The Hall–Kier alpha value is -1.05. The second-order valence-electron chi connectivity index (χ2n) is 5.19. The number of benzene rings is 2. The lowest BCUT2D eigenvalue weighted by Crippen LogP contribution is -2.34. The van der Waals surface area contributed by atoms with E-state index >= 15 is 0 Å².